The minimum atomic E-state index is 0.533. The standard InChI is InChI=1S/C10H11ClN4S/c1-2-3-7-8(11)14-6-15-9(7)16-10-12-4-5-13-10/h4-6H,2-3H2,1H3,(H,12,13). The van der Waals surface area contributed by atoms with Crippen molar-refractivity contribution in [3.8, 4) is 0 Å². The summed E-state index contributed by atoms with van der Waals surface area (Å²) in [6.07, 6.45) is 6.86. The quantitative estimate of drug-likeness (QED) is 0.853. The van der Waals surface area contributed by atoms with E-state index in [0.29, 0.717) is 5.15 Å². The number of halogens is 1. The zero-order valence-corrected chi connectivity index (χ0v) is 10.3. The largest absolute Gasteiger partial charge is 0.339 e. The van der Waals surface area contributed by atoms with Crippen molar-refractivity contribution < 1.29 is 0 Å². The average Bonchev–Trinajstić information content (AvgIpc) is 2.76. The van der Waals surface area contributed by atoms with Gasteiger partial charge in [-0.3, -0.25) is 0 Å². The molecule has 0 unspecified atom stereocenters. The van der Waals surface area contributed by atoms with Crippen LogP contribution >= 0.6 is 23.4 Å². The molecule has 0 amide bonds. The van der Waals surface area contributed by atoms with Crippen LogP contribution in [0.1, 0.15) is 18.9 Å². The molecule has 0 saturated carbocycles. The Morgan fingerprint density at radius 2 is 2.25 bits per heavy atom. The Hall–Kier alpha value is -1.07. The van der Waals surface area contributed by atoms with Gasteiger partial charge in [0.25, 0.3) is 0 Å². The maximum atomic E-state index is 6.05. The number of imidazole rings is 1. The van der Waals surface area contributed by atoms with Crippen molar-refractivity contribution in [2.45, 2.75) is 29.9 Å². The highest BCUT2D eigenvalue weighted by molar-refractivity contribution is 7.99. The lowest BCUT2D eigenvalue weighted by Gasteiger charge is -2.06. The van der Waals surface area contributed by atoms with E-state index in [2.05, 4.69) is 26.9 Å². The molecule has 2 rings (SSSR count). The molecule has 2 heterocycles. The van der Waals surface area contributed by atoms with Gasteiger partial charge in [-0.1, -0.05) is 24.9 Å². The van der Waals surface area contributed by atoms with E-state index in [1.165, 1.54) is 18.1 Å². The van der Waals surface area contributed by atoms with E-state index in [9.17, 15) is 0 Å². The summed E-state index contributed by atoms with van der Waals surface area (Å²) in [4.78, 5) is 15.4. The SMILES string of the molecule is CCCc1c(Cl)ncnc1Sc1ncc[nH]1. The van der Waals surface area contributed by atoms with Gasteiger partial charge in [-0.25, -0.2) is 15.0 Å². The van der Waals surface area contributed by atoms with Crippen LogP contribution in [0.2, 0.25) is 5.15 Å². The Morgan fingerprint density at radius 1 is 1.38 bits per heavy atom. The molecule has 0 aliphatic heterocycles. The molecule has 0 aliphatic rings. The molecule has 0 aliphatic carbocycles. The summed E-state index contributed by atoms with van der Waals surface area (Å²) in [7, 11) is 0. The number of nitrogens with zero attached hydrogens (tertiary/aromatic N) is 3. The number of nitrogens with one attached hydrogen (secondary N) is 1. The van der Waals surface area contributed by atoms with Crippen LogP contribution in [0.4, 0.5) is 0 Å². The van der Waals surface area contributed by atoms with Gasteiger partial charge in [-0.15, -0.1) is 0 Å². The van der Waals surface area contributed by atoms with Gasteiger partial charge < -0.3 is 4.98 Å². The molecule has 2 aromatic rings. The van der Waals surface area contributed by atoms with Crippen LogP contribution in [-0.4, -0.2) is 19.9 Å². The predicted molar refractivity (Wildman–Crippen MR) is 63.7 cm³/mol. The fourth-order valence-corrected chi connectivity index (χ4v) is 2.45. The van der Waals surface area contributed by atoms with Crippen LogP contribution in [0.5, 0.6) is 0 Å². The highest BCUT2D eigenvalue weighted by Crippen LogP contribution is 2.29. The lowest BCUT2D eigenvalue weighted by Crippen LogP contribution is -1.95. The highest BCUT2D eigenvalue weighted by Gasteiger charge is 2.11. The molecule has 0 bridgehead atoms. The topological polar surface area (TPSA) is 54.5 Å². The number of H-pyrrole nitrogens is 1. The lowest BCUT2D eigenvalue weighted by atomic mass is 10.2. The number of aromatic amines is 1. The molecule has 16 heavy (non-hydrogen) atoms. The minimum absolute atomic E-state index is 0.533. The van der Waals surface area contributed by atoms with Crippen LogP contribution in [-0.2, 0) is 6.42 Å². The Balaban J connectivity index is 2.29. The molecule has 0 spiro atoms. The Labute approximate surface area is 103 Å². The van der Waals surface area contributed by atoms with Crippen molar-refractivity contribution in [2.75, 3.05) is 0 Å². The third-order valence-corrected chi connectivity index (χ3v) is 3.31. The van der Waals surface area contributed by atoms with Gasteiger partial charge in [-0.05, 0) is 18.2 Å². The molecule has 6 heteroatoms. The van der Waals surface area contributed by atoms with Gasteiger partial charge in [0.15, 0.2) is 5.16 Å². The fourth-order valence-electron chi connectivity index (χ4n) is 1.32. The first-order valence-corrected chi connectivity index (χ1v) is 6.17. The third-order valence-electron chi connectivity index (χ3n) is 2.02. The number of hydrogen-bond donors (Lipinski definition) is 1. The Kier molecular flexibility index (Phi) is 3.79. The predicted octanol–water partition coefficient (Wildman–Crippen LogP) is 2.96. The molecule has 1 N–H and O–H groups in total. The summed E-state index contributed by atoms with van der Waals surface area (Å²) in [5.74, 6) is 0. The first-order chi connectivity index (χ1) is 7.81. The number of rotatable bonds is 4. The van der Waals surface area contributed by atoms with E-state index in [-0.39, 0.29) is 0 Å². The van der Waals surface area contributed by atoms with Gasteiger partial charge in [0.2, 0.25) is 0 Å². The van der Waals surface area contributed by atoms with E-state index >= 15 is 0 Å². The van der Waals surface area contributed by atoms with Crippen molar-refractivity contribution >= 4 is 23.4 Å². The molecule has 0 atom stereocenters. The summed E-state index contributed by atoms with van der Waals surface area (Å²) in [6, 6.07) is 0. The smallest absolute Gasteiger partial charge is 0.171 e. The van der Waals surface area contributed by atoms with E-state index in [0.717, 1.165) is 28.6 Å². The van der Waals surface area contributed by atoms with Crippen LogP contribution in [0.3, 0.4) is 0 Å². The summed E-state index contributed by atoms with van der Waals surface area (Å²) >= 11 is 7.53. The van der Waals surface area contributed by atoms with Crippen LogP contribution < -0.4 is 0 Å². The molecule has 0 saturated heterocycles. The molecular formula is C10H11ClN4S. The zero-order chi connectivity index (χ0) is 11.4. The van der Waals surface area contributed by atoms with Gasteiger partial charge >= 0.3 is 0 Å². The summed E-state index contributed by atoms with van der Waals surface area (Å²) in [5.41, 5.74) is 0.994. The van der Waals surface area contributed by atoms with Gasteiger partial charge in [0, 0.05) is 18.0 Å². The monoisotopic (exact) mass is 254 g/mol. The van der Waals surface area contributed by atoms with Gasteiger partial charge in [-0.2, -0.15) is 0 Å². The van der Waals surface area contributed by atoms with Crippen molar-refractivity contribution in [1.29, 1.82) is 0 Å². The molecular weight excluding hydrogens is 244 g/mol. The van der Waals surface area contributed by atoms with Crippen LogP contribution in [0, 0.1) is 0 Å². The van der Waals surface area contributed by atoms with Crippen molar-refractivity contribution in [3.63, 3.8) is 0 Å². The summed E-state index contributed by atoms with van der Waals surface area (Å²) < 4.78 is 0. The summed E-state index contributed by atoms with van der Waals surface area (Å²) in [5, 5.41) is 2.22. The van der Waals surface area contributed by atoms with E-state index in [1.807, 2.05) is 0 Å². The number of hydrogen-bond acceptors (Lipinski definition) is 4. The third kappa shape index (κ3) is 2.54. The molecule has 4 nitrogen and oxygen atoms in total. The fraction of sp³-hybridized carbons (Fsp3) is 0.300. The molecule has 2 aromatic heterocycles. The van der Waals surface area contributed by atoms with E-state index in [1.54, 1.807) is 12.4 Å². The lowest BCUT2D eigenvalue weighted by molar-refractivity contribution is 0.854. The minimum Gasteiger partial charge on any atom is -0.339 e. The maximum absolute atomic E-state index is 6.05. The van der Waals surface area contributed by atoms with E-state index in [4.69, 9.17) is 11.6 Å². The normalized spacial score (nSPS) is 10.6. The van der Waals surface area contributed by atoms with Crippen molar-refractivity contribution in [3.05, 3.63) is 29.4 Å². The molecule has 84 valence electrons. The van der Waals surface area contributed by atoms with Gasteiger partial charge in [0.05, 0.1) is 0 Å². The maximum Gasteiger partial charge on any atom is 0.171 e. The van der Waals surface area contributed by atoms with Crippen molar-refractivity contribution in [2.24, 2.45) is 0 Å². The second-order valence-corrected chi connectivity index (χ2v) is 4.53. The first kappa shape index (κ1) is 11.4. The average molecular weight is 255 g/mol. The Morgan fingerprint density at radius 3 is 2.94 bits per heavy atom. The van der Waals surface area contributed by atoms with Crippen LogP contribution in [0.15, 0.2) is 28.9 Å². The van der Waals surface area contributed by atoms with Gasteiger partial charge in [0.1, 0.15) is 16.5 Å². The van der Waals surface area contributed by atoms with E-state index < -0.39 is 0 Å². The first-order valence-electron chi connectivity index (χ1n) is 4.98. The molecule has 0 radical (unpaired) electrons. The zero-order valence-electron chi connectivity index (χ0n) is 8.77. The Bertz CT molecular complexity index is 458. The highest BCUT2D eigenvalue weighted by atomic mass is 35.5. The van der Waals surface area contributed by atoms with Crippen molar-refractivity contribution in [1.82, 2.24) is 19.9 Å². The second-order valence-electron chi connectivity index (χ2n) is 3.19. The molecule has 0 fully saturated rings. The summed E-state index contributed by atoms with van der Waals surface area (Å²) in [6.45, 7) is 2.10. The number of aromatic nitrogens is 4. The molecule has 0 aromatic carbocycles. The van der Waals surface area contributed by atoms with Crippen LogP contribution in [0.25, 0.3) is 0 Å². The second kappa shape index (κ2) is 5.32.